The number of piperazine rings is 1. The van der Waals surface area contributed by atoms with Crippen LogP contribution in [0.25, 0.3) is 10.9 Å². The fourth-order valence-corrected chi connectivity index (χ4v) is 4.29. The number of nitrogens with one attached hydrogen (secondary N) is 2. The van der Waals surface area contributed by atoms with Crippen LogP contribution in [0, 0.1) is 0 Å². The van der Waals surface area contributed by atoms with Gasteiger partial charge < -0.3 is 20.4 Å². The third-order valence-corrected chi connectivity index (χ3v) is 6.30. The summed E-state index contributed by atoms with van der Waals surface area (Å²) in [6, 6.07) is 15.8. The average molecular weight is 474 g/mol. The maximum Gasteiger partial charge on any atom is 0.169 e. The Morgan fingerprint density at radius 2 is 1.68 bits per heavy atom. The summed E-state index contributed by atoms with van der Waals surface area (Å²) in [4.78, 5) is 8.99. The van der Waals surface area contributed by atoms with Gasteiger partial charge in [0, 0.05) is 72.3 Å². The van der Waals surface area contributed by atoms with Gasteiger partial charge in [0.25, 0.3) is 0 Å². The van der Waals surface area contributed by atoms with Crippen LogP contribution in [-0.2, 0) is 0 Å². The van der Waals surface area contributed by atoms with E-state index < -0.39 is 0 Å². The number of hydrogen-bond donors (Lipinski definition) is 2. The lowest BCUT2D eigenvalue weighted by Gasteiger charge is -2.37. The first-order valence-electron chi connectivity index (χ1n) is 10.4. The van der Waals surface area contributed by atoms with Gasteiger partial charge in [-0.3, -0.25) is 4.98 Å². The molecule has 1 aromatic heterocycles. The predicted molar refractivity (Wildman–Crippen MR) is 136 cm³/mol. The quantitative estimate of drug-likeness (QED) is 0.386. The smallest absolute Gasteiger partial charge is 0.169 e. The van der Waals surface area contributed by atoms with Crippen LogP contribution in [0.4, 0.5) is 11.4 Å². The van der Waals surface area contributed by atoms with Crippen LogP contribution in [0.1, 0.15) is 6.42 Å². The molecule has 2 aromatic carbocycles. The molecule has 162 valence electrons. The van der Waals surface area contributed by atoms with Gasteiger partial charge in [-0.2, -0.15) is 0 Å². The summed E-state index contributed by atoms with van der Waals surface area (Å²) >= 11 is 17.7. The monoisotopic (exact) mass is 473 g/mol. The number of hydrogen-bond acceptors (Lipinski definition) is 4. The maximum absolute atomic E-state index is 6.06. The van der Waals surface area contributed by atoms with E-state index in [-0.39, 0.29) is 0 Å². The summed E-state index contributed by atoms with van der Waals surface area (Å²) in [5, 5.41) is 10.3. The Morgan fingerprint density at radius 1 is 0.935 bits per heavy atom. The van der Waals surface area contributed by atoms with E-state index in [2.05, 4.69) is 37.6 Å². The second-order valence-corrected chi connectivity index (χ2v) is 8.74. The molecule has 0 radical (unpaired) electrons. The molecule has 0 atom stereocenters. The second kappa shape index (κ2) is 10.4. The Bertz CT molecular complexity index is 1040. The van der Waals surface area contributed by atoms with Gasteiger partial charge in [0.05, 0.1) is 5.52 Å². The Morgan fingerprint density at radius 3 is 2.45 bits per heavy atom. The molecule has 0 bridgehead atoms. The minimum absolute atomic E-state index is 0.698. The fraction of sp³-hybridized carbons (Fsp3) is 0.304. The van der Waals surface area contributed by atoms with Crippen LogP contribution < -0.4 is 15.5 Å². The summed E-state index contributed by atoms with van der Waals surface area (Å²) in [6.07, 6.45) is 2.76. The fourth-order valence-electron chi connectivity index (χ4n) is 3.71. The minimum Gasteiger partial charge on any atom is -0.384 e. The molecule has 5 nitrogen and oxygen atoms in total. The molecule has 0 aliphatic carbocycles. The largest absolute Gasteiger partial charge is 0.384 e. The molecule has 1 saturated heterocycles. The number of aromatic nitrogens is 1. The molecule has 4 rings (SSSR count). The number of thiocarbonyl (C=S) groups is 1. The topological polar surface area (TPSA) is 43.4 Å². The molecule has 0 amide bonds. The average Bonchev–Trinajstić information content (AvgIpc) is 2.79. The van der Waals surface area contributed by atoms with E-state index in [9.17, 15) is 0 Å². The van der Waals surface area contributed by atoms with Gasteiger partial charge in [0.1, 0.15) is 0 Å². The molecule has 2 heterocycles. The summed E-state index contributed by atoms with van der Waals surface area (Å²) < 4.78 is 0. The van der Waals surface area contributed by atoms with Crippen LogP contribution >= 0.6 is 35.4 Å². The lowest BCUT2D eigenvalue weighted by Crippen LogP contribution is -2.52. The van der Waals surface area contributed by atoms with Gasteiger partial charge >= 0.3 is 0 Å². The highest BCUT2D eigenvalue weighted by atomic mass is 35.5. The molecular weight excluding hydrogens is 449 g/mol. The van der Waals surface area contributed by atoms with Gasteiger partial charge in [0.2, 0.25) is 0 Å². The molecule has 1 aliphatic rings. The van der Waals surface area contributed by atoms with E-state index in [1.165, 1.54) is 5.69 Å². The molecule has 2 N–H and O–H groups in total. The second-order valence-electron chi connectivity index (χ2n) is 7.48. The highest BCUT2D eigenvalue weighted by molar-refractivity contribution is 7.80. The zero-order chi connectivity index (χ0) is 21.6. The Hall–Kier alpha value is -2.28. The van der Waals surface area contributed by atoms with Crippen LogP contribution in [0.3, 0.4) is 0 Å². The Balaban J connectivity index is 1.18. The van der Waals surface area contributed by atoms with Gasteiger partial charge in [-0.05, 0) is 67.2 Å². The van der Waals surface area contributed by atoms with E-state index in [1.54, 1.807) is 6.20 Å². The Kier molecular flexibility index (Phi) is 7.33. The van der Waals surface area contributed by atoms with Crippen LogP contribution in [0.2, 0.25) is 10.0 Å². The van der Waals surface area contributed by atoms with Crippen LogP contribution in [-0.4, -0.2) is 54.3 Å². The third-order valence-electron chi connectivity index (χ3n) is 5.41. The first-order chi connectivity index (χ1) is 15.1. The highest BCUT2D eigenvalue weighted by Crippen LogP contribution is 2.24. The number of anilines is 2. The van der Waals surface area contributed by atoms with E-state index in [0.29, 0.717) is 5.02 Å². The van der Waals surface area contributed by atoms with Crippen molar-refractivity contribution in [1.82, 2.24) is 15.2 Å². The van der Waals surface area contributed by atoms with Crippen molar-refractivity contribution in [2.45, 2.75) is 6.42 Å². The van der Waals surface area contributed by atoms with Crippen molar-refractivity contribution >= 4 is 62.8 Å². The van der Waals surface area contributed by atoms with Crippen molar-refractivity contribution in [3.05, 3.63) is 64.8 Å². The molecule has 1 fully saturated rings. The summed E-state index contributed by atoms with van der Waals surface area (Å²) in [6.45, 7) is 5.41. The van der Waals surface area contributed by atoms with Gasteiger partial charge in [-0.1, -0.05) is 23.2 Å². The molecular formula is C23H25Cl2N5S. The summed E-state index contributed by atoms with van der Waals surface area (Å²) in [5.41, 5.74) is 3.18. The van der Waals surface area contributed by atoms with Crippen molar-refractivity contribution < 1.29 is 0 Å². The predicted octanol–water partition coefficient (Wildman–Crippen LogP) is 5.04. The summed E-state index contributed by atoms with van der Waals surface area (Å²) in [5.74, 6) is 0. The molecule has 3 aromatic rings. The van der Waals surface area contributed by atoms with E-state index in [1.807, 2.05) is 36.4 Å². The number of rotatable bonds is 6. The SMILES string of the molecule is S=C(NCCCNc1ccnc2cc(Cl)ccc12)N1CCN(c2ccc(Cl)cc2)CC1. The maximum atomic E-state index is 6.06. The normalized spacial score (nSPS) is 14.0. The molecule has 0 saturated carbocycles. The molecule has 31 heavy (non-hydrogen) atoms. The van der Waals surface area contributed by atoms with E-state index in [0.717, 1.165) is 72.4 Å². The lowest BCUT2D eigenvalue weighted by atomic mass is 10.2. The van der Waals surface area contributed by atoms with E-state index >= 15 is 0 Å². The number of benzene rings is 2. The minimum atomic E-state index is 0.698. The number of nitrogens with zero attached hydrogens (tertiary/aromatic N) is 3. The standard InChI is InChI=1S/C23H25Cl2N5S/c24-17-2-5-19(6-3-17)29-12-14-30(15-13-29)23(31)28-10-1-9-26-21-8-11-27-22-16-18(25)4-7-20(21)22/h2-8,11,16H,1,9-10,12-15H2,(H,26,27)(H,28,31). The van der Waals surface area contributed by atoms with Crippen molar-refractivity contribution in [2.24, 2.45) is 0 Å². The zero-order valence-electron chi connectivity index (χ0n) is 17.2. The lowest BCUT2D eigenvalue weighted by molar-refractivity contribution is 0.380. The molecule has 8 heteroatoms. The number of halogens is 2. The number of fused-ring (bicyclic) bond motifs is 1. The van der Waals surface area contributed by atoms with Crippen molar-refractivity contribution in [3.63, 3.8) is 0 Å². The van der Waals surface area contributed by atoms with Crippen LogP contribution in [0.5, 0.6) is 0 Å². The summed E-state index contributed by atoms with van der Waals surface area (Å²) in [7, 11) is 0. The van der Waals surface area contributed by atoms with Crippen molar-refractivity contribution in [2.75, 3.05) is 49.5 Å². The Labute approximate surface area is 198 Å². The first kappa shape index (κ1) is 21.9. The number of pyridine rings is 1. The highest BCUT2D eigenvalue weighted by Gasteiger charge is 2.18. The molecule has 0 spiro atoms. The molecule has 0 unspecified atom stereocenters. The van der Waals surface area contributed by atoms with E-state index in [4.69, 9.17) is 35.4 Å². The van der Waals surface area contributed by atoms with Gasteiger partial charge in [0.15, 0.2) is 5.11 Å². The van der Waals surface area contributed by atoms with Gasteiger partial charge in [-0.25, -0.2) is 0 Å². The third kappa shape index (κ3) is 5.70. The zero-order valence-corrected chi connectivity index (χ0v) is 19.5. The van der Waals surface area contributed by atoms with Crippen molar-refractivity contribution in [3.8, 4) is 0 Å². The van der Waals surface area contributed by atoms with Crippen molar-refractivity contribution in [1.29, 1.82) is 0 Å². The van der Waals surface area contributed by atoms with Gasteiger partial charge in [-0.15, -0.1) is 0 Å². The van der Waals surface area contributed by atoms with Crippen LogP contribution in [0.15, 0.2) is 54.7 Å². The molecule has 1 aliphatic heterocycles. The first-order valence-corrected chi connectivity index (χ1v) is 11.6.